The highest BCUT2D eigenvalue weighted by atomic mass is 16.3. The van der Waals surface area contributed by atoms with Gasteiger partial charge in [0.05, 0.1) is 11.8 Å². The maximum absolute atomic E-state index is 13.1. The predicted octanol–water partition coefficient (Wildman–Crippen LogP) is 0.805. The molecule has 1 fully saturated rings. The van der Waals surface area contributed by atoms with Gasteiger partial charge in [-0.2, -0.15) is 5.10 Å². The minimum atomic E-state index is -0.963. The number of imide groups is 1. The van der Waals surface area contributed by atoms with Gasteiger partial charge < -0.3 is 5.11 Å². The Bertz CT molecular complexity index is 1140. The molecule has 5 rings (SSSR count). The number of amides is 3. The lowest BCUT2D eigenvalue weighted by atomic mass is 9.98. The first-order valence-corrected chi connectivity index (χ1v) is 8.82. The molecule has 28 heavy (non-hydrogen) atoms. The molecule has 140 valence electrons. The zero-order chi connectivity index (χ0) is 19.4. The van der Waals surface area contributed by atoms with Gasteiger partial charge >= 0.3 is 0 Å². The molecule has 3 aromatic rings. The number of aromatic nitrogens is 3. The Morgan fingerprint density at radius 1 is 1.21 bits per heavy atom. The van der Waals surface area contributed by atoms with Crippen LogP contribution in [0.4, 0.5) is 5.82 Å². The SMILES string of the molecule is O=C1CCC(N2C(=O)c3cccc4c(C(O)c5cn[nH]c5)cnc2c34)C(=O)N1. The molecule has 9 nitrogen and oxygen atoms in total. The molecule has 0 radical (unpaired) electrons. The van der Waals surface area contributed by atoms with E-state index < -0.39 is 18.1 Å². The number of rotatable bonds is 3. The van der Waals surface area contributed by atoms with E-state index in [9.17, 15) is 19.5 Å². The molecular formula is C19H15N5O4. The normalized spacial score (nSPS) is 20.0. The number of nitrogens with zero attached hydrogens (tertiary/aromatic N) is 3. The van der Waals surface area contributed by atoms with Crippen molar-refractivity contribution in [1.82, 2.24) is 20.5 Å². The van der Waals surface area contributed by atoms with Crippen LogP contribution in [0.1, 0.15) is 40.4 Å². The number of aliphatic hydroxyl groups excluding tert-OH is 1. The number of H-pyrrole nitrogens is 1. The highest BCUT2D eigenvalue weighted by molar-refractivity contribution is 6.26. The lowest BCUT2D eigenvalue weighted by molar-refractivity contribution is -0.134. The van der Waals surface area contributed by atoms with E-state index in [4.69, 9.17) is 0 Å². The van der Waals surface area contributed by atoms with Crippen LogP contribution < -0.4 is 10.2 Å². The summed E-state index contributed by atoms with van der Waals surface area (Å²) in [5.74, 6) is -0.817. The lowest BCUT2D eigenvalue weighted by Crippen LogP contribution is -2.53. The van der Waals surface area contributed by atoms with Crippen LogP contribution in [0.5, 0.6) is 0 Å². The van der Waals surface area contributed by atoms with Crippen molar-refractivity contribution in [3.8, 4) is 0 Å². The number of piperidine rings is 1. The summed E-state index contributed by atoms with van der Waals surface area (Å²) < 4.78 is 0. The van der Waals surface area contributed by atoms with Crippen molar-refractivity contribution in [2.45, 2.75) is 25.0 Å². The second-order valence-electron chi connectivity index (χ2n) is 6.84. The van der Waals surface area contributed by atoms with Crippen LogP contribution in [0.3, 0.4) is 0 Å². The zero-order valence-corrected chi connectivity index (χ0v) is 14.5. The minimum absolute atomic E-state index is 0.164. The third-order valence-corrected chi connectivity index (χ3v) is 5.25. The quantitative estimate of drug-likeness (QED) is 0.579. The number of benzene rings is 1. The van der Waals surface area contributed by atoms with Gasteiger partial charge in [0.25, 0.3) is 5.91 Å². The molecule has 0 bridgehead atoms. The molecule has 0 saturated carbocycles. The highest BCUT2D eigenvalue weighted by Gasteiger charge is 2.42. The summed E-state index contributed by atoms with van der Waals surface area (Å²) in [7, 11) is 0. The van der Waals surface area contributed by atoms with E-state index in [0.717, 1.165) is 0 Å². The van der Waals surface area contributed by atoms with Gasteiger partial charge in [-0.1, -0.05) is 12.1 Å². The Balaban J connectivity index is 1.65. The van der Waals surface area contributed by atoms with Crippen LogP contribution >= 0.6 is 0 Å². The lowest BCUT2D eigenvalue weighted by Gasteiger charge is -2.29. The fourth-order valence-electron chi connectivity index (χ4n) is 3.91. The second kappa shape index (κ2) is 5.96. The van der Waals surface area contributed by atoms with E-state index >= 15 is 0 Å². The molecule has 3 N–H and O–H groups in total. The number of nitrogens with one attached hydrogen (secondary N) is 2. The summed E-state index contributed by atoms with van der Waals surface area (Å²) in [6.45, 7) is 0. The smallest absolute Gasteiger partial charge is 0.260 e. The molecule has 1 saturated heterocycles. The maximum Gasteiger partial charge on any atom is 0.260 e. The van der Waals surface area contributed by atoms with Gasteiger partial charge in [-0.25, -0.2) is 4.98 Å². The topological polar surface area (TPSA) is 128 Å². The van der Waals surface area contributed by atoms with Crippen molar-refractivity contribution in [2.75, 3.05) is 4.90 Å². The van der Waals surface area contributed by atoms with E-state index in [-0.39, 0.29) is 24.7 Å². The predicted molar refractivity (Wildman–Crippen MR) is 97.4 cm³/mol. The average Bonchev–Trinajstić information content (AvgIpc) is 3.31. The van der Waals surface area contributed by atoms with Gasteiger partial charge in [-0.15, -0.1) is 0 Å². The van der Waals surface area contributed by atoms with Crippen LogP contribution in [0, 0.1) is 0 Å². The molecule has 0 spiro atoms. The molecule has 2 aliphatic rings. The molecule has 2 aromatic heterocycles. The Labute approximate surface area is 158 Å². The Morgan fingerprint density at radius 2 is 2.07 bits per heavy atom. The van der Waals surface area contributed by atoms with Crippen LogP contribution in [0.25, 0.3) is 10.8 Å². The molecule has 1 aromatic carbocycles. The maximum atomic E-state index is 13.1. The molecule has 2 aliphatic heterocycles. The minimum Gasteiger partial charge on any atom is -0.383 e. The van der Waals surface area contributed by atoms with E-state index in [0.29, 0.717) is 33.3 Å². The van der Waals surface area contributed by atoms with E-state index in [1.807, 2.05) is 6.07 Å². The standard InChI is InChI=1S/C19H15N5O4/c25-14-5-4-13(18(27)23-14)24-17-15-10(2-1-3-11(15)19(24)28)12(8-20-17)16(26)9-6-21-22-7-9/h1-3,6-8,13,16,26H,4-5H2,(H,21,22)(H,23,25,27). The number of carbonyl (C=O) groups excluding carboxylic acids is 3. The summed E-state index contributed by atoms with van der Waals surface area (Å²) in [6, 6.07) is 4.43. The first-order chi connectivity index (χ1) is 13.6. The number of anilines is 1. The van der Waals surface area contributed by atoms with Crippen molar-refractivity contribution in [3.05, 3.63) is 53.5 Å². The Hall–Kier alpha value is -3.59. The van der Waals surface area contributed by atoms with E-state index in [1.165, 1.54) is 17.3 Å². The number of carbonyl (C=O) groups is 3. The first kappa shape index (κ1) is 16.6. The van der Waals surface area contributed by atoms with Gasteiger partial charge in [-0.3, -0.25) is 29.7 Å². The van der Waals surface area contributed by atoms with Gasteiger partial charge in [-0.05, 0) is 17.9 Å². The molecule has 9 heteroatoms. The Kier molecular flexibility index (Phi) is 3.53. The fourth-order valence-corrected chi connectivity index (χ4v) is 3.91. The molecule has 2 unspecified atom stereocenters. The number of hydrogen-bond donors (Lipinski definition) is 3. The van der Waals surface area contributed by atoms with Gasteiger partial charge in [0.1, 0.15) is 18.0 Å². The van der Waals surface area contributed by atoms with Crippen molar-refractivity contribution < 1.29 is 19.5 Å². The van der Waals surface area contributed by atoms with Crippen LogP contribution in [-0.4, -0.2) is 44.1 Å². The Morgan fingerprint density at radius 3 is 2.82 bits per heavy atom. The van der Waals surface area contributed by atoms with E-state index in [1.54, 1.807) is 18.3 Å². The van der Waals surface area contributed by atoms with Crippen LogP contribution in [-0.2, 0) is 9.59 Å². The summed E-state index contributed by atoms with van der Waals surface area (Å²) in [5.41, 5.74) is 1.54. The average molecular weight is 377 g/mol. The van der Waals surface area contributed by atoms with Crippen LogP contribution in [0.15, 0.2) is 36.8 Å². The third-order valence-electron chi connectivity index (χ3n) is 5.25. The van der Waals surface area contributed by atoms with Gasteiger partial charge in [0.2, 0.25) is 11.8 Å². The van der Waals surface area contributed by atoms with E-state index in [2.05, 4.69) is 20.5 Å². The third kappa shape index (κ3) is 2.26. The molecule has 4 heterocycles. The highest BCUT2D eigenvalue weighted by Crippen LogP contribution is 2.41. The first-order valence-electron chi connectivity index (χ1n) is 8.82. The van der Waals surface area contributed by atoms with Crippen molar-refractivity contribution in [3.63, 3.8) is 0 Å². The molecule has 2 atom stereocenters. The number of aromatic amines is 1. The number of hydrogen-bond acceptors (Lipinski definition) is 6. The molecule has 0 aliphatic carbocycles. The van der Waals surface area contributed by atoms with Crippen molar-refractivity contribution >= 4 is 34.3 Å². The van der Waals surface area contributed by atoms with Crippen LogP contribution in [0.2, 0.25) is 0 Å². The van der Waals surface area contributed by atoms with Crippen molar-refractivity contribution in [1.29, 1.82) is 0 Å². The van der Waals surface area contributed by atoms with Gasteiger partial charge in [0.15, 0.2) is 0 Å². The van der Waals surface area contributed by atoms with Gasteiger partial charge in [0, 0.05) is 35.3 Å². The molecule has 3 amide bonds. The monoisotopic (exact) mass is 377 g/mol. The number of pyridine rings is 1. The fraction of sp³-hybridized carbons (Fsp3) is 0.211. The molecular weight excluding hydrogens is 362 g/mol. The zero-order valence-electron chi connectivity index (χ0n) is 14.5. The summed E-state index contributed by atoms with van der Waals surface area (Å²) in [4.78, 5) is 42.6. The summed E-state index contributed by atoms with van der Waals surface area (Å²) >= 11 is 0. The number of aliphatic hydroxyl groups is 1. The summed E-state index contributed by atoms with van der Waals surface area (Å²) in [5, 5.41) is 20.8. The second-order valence-corrected chi connectivity index (χ2v) is 6.84. The van der Waals surface area contributed by atoms with Crippen molar-refractivity contribution in [2.24, 2.45) is 0 Å². The largest absolute Gasteiger partial charge is 0.383 e. The summed E-state index contributed by atoms with van der Waals surface area (Å²) in [6.07, 6.45) is 4.07.